The predicted octanol–water partition coefficient (Wildman–Crippen LogP) is 3.17. The second-order valence-corrected chi connectivity index (χ2v) is 7.74. The average molecular weight is 362 g/mol. The maximum atomic E-state index is 13.4. The fourth-order valence-corrected chi connectivity index (χ4v) is 4.00. The van der Waals surface area contributed by atoms with Crippen LogP contribution < -0.4 is 4.72 Å². The van der Waals surface area contributed by atoms with Gasteiger partial charge in [-0.05, 0) is 55.7 Å². The van der Waals surface area contributed by atoms with Crippen molar-refractivity contribution in [2.24, 2.45) is 0 Å². The summed E-state index contributed by atoms with van der Waals surface area (Å²) in [5.41, 5.74) is 0.775. The molecular weight excluding hydrogens is 343 g/mol. The second kappa shape index (κ2) is 6.84. The van der Waals surface area contributed by atoms with Crippen LogP contribution in [0.25, 0.3) is 0 Å². The predicted molar refractivity (Wildman–Crippen MR) is 93.5 cm³/mol. The van der Waals surface area contributed by atoms with Crippen LogP contribution in [0.1, 0.15) is 28.8 Å². The number of likely N-dealkylation sites (tertiary alicyclic amines) is 1. The molecule has 0 saturated carbocycles. The highest BCUT2D eigenvalue weighted by Gasteiger charge is 2.24. The van der Waals surface area contributed by atoms with Gasteiger partial charge in [-0.3, -0.25) is 9.52 Å². The molecule has 5 nitrogen and oxygen atoms in total. The van der Waals surface area contributed by atoms with Crippen molar-refractivity contribution < 1.29 is 17.6 Å². The zero-order valence-electron chi connectivity index (χ0n) is 13.8. The monoisotopic (exact) mass is 362 g/mol. The summed E-state index contributed by atoms with van der Waals surface area (Å²) >= 11 is 0. The molecule has 0 aliphatic carbocycles. The Bertz CT molecular complexity index is 906. The Labute approximate surface area is 146 Å². The van der Waals surface area contributed by atoms with Crippen LogP contribution in [0, 0.1) is 12.7 Å². The number of rotatable bonds is 4. The number of aryl methyl sites for hydroxylation is 1. The van der Waals surface area contributed by atoms with Crippen molar-refractivity contribution in [2.45, 2.75) is 24.7 Å². The summed E-state index contributed by atoms with van der Waals surface area (Å²) in [4.78, 5) is 14.3. The van der Waals surface area contributed by atoms with E-state index in [1.54, 1.807) is 29.2 Å². The summed E-state index contributed by atoms with van der Waals surface area (Å²) in [6, 6.07) is 10.1. The Morgan fingerprint density at radius 3 is 2.48 bits per heavy atom. The number of nitrogens with zero attached hydrogens (tertiary/aromatic N) is 1. The zero-order valence-corrected chi connectivity index (χ0v) is 14.6. The lowest BCUT2D eigenvalue weighted by Gasteiger charge is -2.18. The van der Waals surface area contributed by atoms with Gasteiger partial charge in [-0.15, -0.1) is 0 Å². The number of halogens is 1. The maximum absolute atomic E-state index is 13.4. The van der Waals surface area contributed by atoms with Crippen molar-refractivity contribution in [1.29, 1.82) is 0 Å². The number of para-hydroxylation sites is 1. The molecule has 0 bridgehead atoms. The van der Waals surface area contributed by atoms with Crippen molar-refractivity contribution in [2.75, 3.05) is 17.8 Å². The zero-order chi connectivity index (χ0) is 18.0. The third-order valence-electron chi connectivity index (χ3n) is 4.23. The van der Waals surface area contributed by atoms with Crippen molar-refractivity contribution in [3.63, 3.8) is 0 Å². The first-order valence-corrected chi connectivity index (χ1v) is 9.54. The van der Waals surface area contributed by atoms with Crippen molar-refractivity contribution >= 4 is 21.6 Å². The topological polar surface area (TPSA) is 66.5 Å². The van der Waals surface area contributed by atoms with E-state index < -0.39 is 15.8 Å². The van der Waals surface area contributed by atoms with Gasteiger partial charge >= 0.3 is 0 Å². The number of hydrogen-bond acceptors (Lipinski definition) is 3. The Hall–Kier alpha value is -2.41. The maximum Gasteiger partial charge on any atom is 0.261 e. The van der Waals surface area contributed by atoms with Crippen LogP contribution in [0.5, 0.6) is 0 Å². The third-order valence-corrected chi connectivity index (χ3v) is 5.60. The number of amides is 1. The molecule has 2 aromatic carbocycles. The molecule has 7 heteroatoms. The van der Waals surface area contributed by atoms with Crippen LogP contribution in [0.2, 0.25) is 0 Å². The third kappa shape index (κ3) is 3.66. The first-order chi connectivity index (χ1) is 11.9. The van der Waals surface area contributed by atoms with E-state index in [0.29, 0.717) is 18.7 Å². The second-order valence-electron chi connectivity index (χ2n) is 6.06. The number of anilines is 1. The molecule has 0 aromatic heterocycles. The first-order valence-electron chi connectivity index (χ1n) is 8.06. The molecule has 132 valence electrons. The lowest BCUT2D eigenvalue weighted by atomic mass is 10.1. The van der Waals surface area contributed by atoms with Gasteiger partial charge in [0.05, 0.1) is 16.1 Å². The van der Waals surface area contributed by atoms with Crippen LogP contribution in [-0.2, 0) is 10.0 Å². The number of hydrogen-bond donors (Lipinski definition) is 1. The molecule has 1 amide bonds. The molecule has 3 rings (SSSR count). The van der Waals surface area contributed by atoms with Gasteiger partial charge in [0.25, 0.3) is 15.9 Å². The van der Waals surface area contributed by atoms with Crippen LogP contribution >= 0.6 is 0 Å². The van der Waals surface area contributed by atoms with Crippen molar-refractivity contribution in [1.82, 2.24) is 4.90 Å². The molecule has 25 heavy (non-hydrogen) atoms. The molecular formula is C18H19FN2O3S. The summed E-state index contributed by atoms with van der Waals surface area (Å²) in [6.45, 7) is 2.85. The molecule has 2 aromatic rings. The fourth-order valence-electron chi connectivity index (χ4n) is 2.84. The number of benzene rings is 2. The van der Waals surface area contributed by atoms with Gasteiger partial charge in [0.15, 0.2) is 0 Å². The summed E-state index contributed by atoms with van der Waals surface area (Å²) in [5, 5.41) is 0. The highest BCUT2D eigenvalue weighted by Crippen LogP contribution is 2.24. The fraction of sp³-hybridized carbons (Fsp3) is 0.278. The minimum atomic E-state index is -3.92. The SMILES string of the molecule is Cc1cc(S(=O)(=O)Nc2ccccc2C(=O)N2CCCC2)ccc1F. The molecule has 0 unspecified atom stereocenters. The van der Waals surface area contributed by atoms with Crippen LogP contribution in [0.15, 0.2) is 47.4 Å². The standard InChI is InChI=1S/C18H19FN2O3S/c1-13-12-14(8-9-16(13)19)25(23,24)20-17-7-3-2-6-15(17)18(22)21-10-4-5-11-21/h2-3,6-9,12,20H,4-5,10-11H2,1H3. The lowest BCUT2D eigenvalue weighted by Crippen LogP contribution is -2.28. The molecule has 1 N–H and O–H groups in total. The summed E-state index contributed by atoms with van der Waals surface area (Å²) in [7, 11) is -3.92. The lowest BCUT2D eigenvalue weighted by molar-refractivity contribution is 0.0794. The van der Waals surface area contributed by atoms with E-state index in [0.717, 1.165) is 18.9 Å². The molecule has 1 aliphatic rings. The highest BCUT2D eigenvalue weighted by molar-refractivity contribution is 7.92. The minimum absolute atomic E-state index is 0.0465. The number of carbonyl (C=O) groups is 1. The van der Waals surface area contributed by atoms with Crippen molar-refractivity contribution in [3.05, 3.63) is 59.4 Å². The van der Waals surface area contributed by atoms with Gasteiger partial charge in [0.2, 0.25) is 0 Å². The van der Waals surface area contributed by atoms with Gasteiger partial charge in [-0.25, -0.2) is 12.8 Å². The van der Waals surface area contributed by atoms with Gasteiger partial charge in [-0.2, -0.15) is 0 Å². The Morgan fingerprint density at radius 1 is 1.12 bits per heavy atom. The largest absolute Gasteiger partial charge is 0.339 e. The van der Waals surface area contributed by atoms with Crippen LogP contribution in [0.4, 0.5) is 10.1 Å². The first kappa shape index (κ1) is 17.4. The quantitative estimate of drug-likeness (QED) is 0.908. The number of sulfonamides is 1. The molecule has 1 saturated heterocycles. The van der Waals surface area contributed by atoms with E-state index in [1.165, 1.54) is 19.1 Å². The Morgan fingerprint density at radius 2 is 1.80 bits per heavy atom. The van der Waals surface area contributed by atoms with Gasteiger partial charge in [0.1, 0.15) is 5.82 Å². The van der Waals surface area contributed by atoms with Crippen molar-refractivity contribution in [3.8, 4) is 0 Å². The molecule has 0 atom stereocenters. The van der Waals surface area contributed by atoms with E-state index in [2.05, 4.69) is 4.72 Å². The highest BCUT2D eigenvalue weighted by atomic mass is 32.2. The molecule has 0 spiro atoms. The summed E-state index contributed by atoms with van der Waals surface area (Å²) < 4.78 is 41.1. The van der Waals surface area contributed by atoms with E-state index in [1.807, 2.05) is 0 Å². The van der Waals surface area contributed by atoms with E-state index in [-0.39, 0.29) is 22.1 Å². The van der Waals surface area contributed by atoms with Crippen LogP contribution in [0.3, 0.4) is 0 Å². The van der Waals surface area contributed by atoms with Gasteiger partial charge in [-0.1, -0.05) is 12.1 Å². The summed E-state index contributed by atoms with van der Waals surface area (Å²) in [6.07, 6.45) is 1.91. The molecule has 0 radical (unpaired) electrons. The number of nitrogens with one attached hydrogen (secondary N) is 1. The van der Waals surface area contributed by atoms with E-state index in [4.69, 9.17) is 0 Å². The number of carbonyl (C=O) groups excluding carboxylic acids is 1. The molecule has 1 fully saturated rings. The van der Waals surface area contributed by atoms with E-state index in [9.17, 15) is 17.6 Å². The van der Waals surface area contributed by atoms with Gasteiger partial charge < -0.3 is 4.90 Å². The average Bonchev–Trinajstić information content (AvgIpc) is 3.11. The minimum Gasteiger partial charge on any atom is -0.339 e. The molecule has 1 heterocycles. The van der Waals surface area contributed by atoms with Crippen LogP contribution in [-0.4, -0.2) is 32.3 Å². The Kier molecular flexibility index (Phi) is 4.76. The normalized spacial score (nSPS) is 14.6. The smallest absolute Gasteiger partial charge is 0.261 e. The summed E-state index contributed by atoms with van der Waals surface area (Å²) in [5.74, 6) is -0.658. The van der Waals surface area contributed by atoms with Gasteiger partial charge in [0, 0.05) is 13.1 Å². The van der Waals surface area contributed by atoms with E-state index >= 15 is 0 Å². The Balaban J connectivity index is 1.92. The molecule has 1 aliphatic heterocycles.